The van der Waals surface area contributed by atoms with Crippen LogP contribution < -0.4 is 5.73 Å². The Bertz CT molecular complexity index is 1690. The van der Waals surface area contributed by atoms with Crippen LogP contribution in [0.4, 0.5) is 0 Å². The first-order valence-electron chi connectivity index (χ1n) is 23.5. The molecule has 2 bridgehead atoms. The fourth-order valence-corrected chi connectivity index (χ4v) is 9.83. The van der Waals surface area contributed by atoms with Crippen LogP contribution in [0.5, 0.6) is 0 Å². The molecule has 0 spiro atoms. The second kappa shape index (κ2) is 23.6. The molecule has 0 aromatic rings. The highest BCUT2D eigenvalue weighted by atomic mass is 16.6. The van der Waals surface area contributed by atoms with Crippen LogP contribution in [-0.2, 0) is 38.2 Å². The molecular weight excluding hydrogens is 789 g/mol. The van der Waals surface area contributed by atoms with Crippen LogP contribution >= 0.6 is 0 Å². The lowest BCUT2D eigenvalue weighted by atomic mass is 9.72. The maximum atomic E-state index is 14.3. The van der Waals surface area contributed by atoms with Gasteiger partial charge in [0.2, 0.25) is 5.79 Å². The molecule has 3 fully saturated rings. The van der Waals surface area contributed by atoms with Crippen LogP contribution in [0.15, 0.2) is 47.6 Å². The lowest BCUT2D eigenvalue weighted by molar-refractivity contribution is -0.265. The predicted molar refractivity (Wildman–Crippen MR) is 239 cm³/mol. The van der Waals surface area contributed by atoms with Crippen molar-refractivity contribution in [1.82, 2.24) is 4.90 Å². The van der Waals surface area contributed by atoms with E-state index in [1.54, 1.807) is 40.9 Å². The van der Waals surface area contributed by atoms with E-state index in [4.69, 9.17) is 19.9 Å². The molecule has 1 aliphatic carbocycles. The predicted octanol–water partition coefficient (Wildman–Crippen LogP) is 7.14. The molecule has 14 atom stereocenters. The van der Waals surface area contributed by atoms with Gasteiger partial charge in [-0.25, -0.2) is 4.79 Å². The molecule has 3 heterocycles. The zero-order valence-corrected chi connectivity index (χ0v) is 39.1. The number of amides is 1. The van der Waals surface area contributed by atoms with Gasteiger partial charge in [0.15, 0.2) is 5.78 Å². The number of ketones is 3. The quantitative estimate of drug-likeness (QED) is 0.148. The Morgan fingerprint density at radius 2 is 1.63 bits per heavy atom. The Balaban J connectivity index is 1.67. The standard InChI is InChI=1S/C50H78N2O10/c1-30-20-22-38(26-33(30)4)27-35(6)43-29-41(53)34(5)25-36(7)46(55)44(51)45(54)32(3)18-14-12-10-11-13-17-31(2)42(60-9)28-39-23-21-37(8)50(59,62-39)47(56)48(57)52-24-16-15-19-40(52)49(58)61-43/h10-13,17,25,30,32-35,37-40,42-44,46,55,59H,14-16,18-24,26-29,51H2,1-9H3/b12-10+,13-11+,31-17+,36-25+/t30-,32-,33-,34-,35-,37-,38-,39+,40+,42+,43+,44+,46-,50-/m1/s1. The average molecular weight is 867 g/mol. The van der Waals surface area contributed by atoms with Crippen molar-refractivity contribution in [2.75, 3.05) is 13.7 Å². The second-order valence-corrected chi connectivity index (χ2v) is 19.5. The molecule has 348 valence electrons. The molecular formula is C50H78N2O10. The summed E-state index contributed by atoms with van der Waals surface area (Å²) in [7, 11) is 1.58. The van der Waals surface area contributed by atoms with E-state index in [2.05, 4.69) is 13.8 Å². The first-order valence-corrected chi connectivity index (χ1v) is 23.5. The van der Waals surface area contributed by atoms with Crippen LogP contribution in [0, 0.1) is 41.4 Å². The summed E-state index contributed by atoms with van der Waals surface area (Å²) in [6.45, 7) is 15.5. The van der Waals surface area contributed by atoms with Crippen LogP contribution in [0.25, 0.3) is 0 Å². The van der Waals surface area contributed by atoms with E-state index in [9.17, 15) is 34.2 Å². The first kappa shape index (κ1) is 51.3. The molecule has 4 aliphatic rings. The van der Waals surface area contributed by atoms with Gasteiger partial charge in [-0.3, -0.25) is 19.2 Å². The summed E-state index contributed by atoms with van der Waals surface area (Å²) in [4.78, 5) is 71.2. The van der Waals surface area contributed by atoms with Gasteiger partial charge in [-0.1, -0.05) is 90.8 Å². The normalized spacial score (nSPS) is 40.6. The van der Waals surface area contributed by atoms with Gasteiger partial charge in [0.1, 0.15) is 17.9 Å². The zero-order valence-electron chi connectivity index (χ0n) is 39.1. The number of esters is 1. The molecule has 0 unspecified atom stereocenters. The van der Waals surface area contributed by atoms with Crippen molar-refractivity contribution in [2.45, 2.75) is 181 Å². The Labute approximate surface area is 371 Å². The summed E-state index contributed by atoms with van der Waals surface area (Å²) in [6.07, 6.45) is 15.8. The Kier molecular flexibility index (Phi) is 19.5. The monoisotopic (exact) mass is 867 g/mol. The van der Waals surface area contributed by atoms with Crippen molar-refractivity contribution in [3.05, 3.63) is 47.6 Å². The Morgan fingerprint density at radius 1 is 0.903 bits per heavy atom. The van der Waals surface area contributed by atoms with Crippen LogP contribution in [0.3, 0.4) is 0 Å². The number of aliphatic hydroxyl groups is 2. The van der Waals surface area contributed by atoms with Crippen molar-refractivity contribution in [1.29, 1.82) is 0 Å². The minimum atomic E-state index is -2.40. The second-order valence-electron chi connectivity index (χ2n) is 19.5. The molecule has 12 heteroatoms. The minimum Gasteiger partial charge on any atom is -0.460 e. The number of aliphatic hydroxyl groups excluding tert-OH is 1. The topological polar surface area (TPSA) is 183 Å². The number of hydrogen-bond donors (Lipinski definition) is 3. The number of piperidine rings is 1. The van der Waals surface area contributed by atoms with Gasteiger partial charge in [0.05, 0.1) is 24.4 Å². The van der Waals surface area contributed by atoms with E-state index in [0.717, 1.165) is 31.3 Å². The molecule has 0 aromatic carbocycles. The molecule has 1 saturated carbocycles. The fourth-order valence-electron chi connectivity index (χ4n) is 9.83. The van der Waals surface area contributed by atoms with Crippen molar-refractivity contribution in [3.8, 4) is 0 Å². The molecule has 1 amide bonds. The van der Waals surface area contributed by atoms with E-state index in [-0.39, 0.29) is 36.9 Å². The third-order valence-electron chi connectivity index (χ3n) is 14.6. The van der Waals surface area contributed by atoms with Gasteiger partial charge in [0.25, 0.3) is 11.7 Å². The summed E-state index contributed by atoms with van der Waals surface area (Å²) in [5, 5.41) is 23.1. The number of hydrogen-bond acceptors (Lipinski definition) is 11. The number of fused-ring (bicyclic) bond motifs is 3. The fraction of sp³-hybridized carbons (Fsp3) is 0.740. The van der Waals surface area contributed by atoms with E-state index in [1.807, 2.05) is 44.2 Å². The van der Waals surface area contributed by atoms with Crippen molar-refractivity contribution >= 4 is 29.2 Å². The number of ether oxygens (including phenoxy) is 3. The van der Waals surface area contributed by atoms with Gasteiger partial charge in [-0.05, 0) is 106 Å². The number of carbonyl (C=O) groups excluding carboxylic acids is 5. The van der Waals surface area contributed by atoms with E-state index in [0.29, 0.717) is 68.3 Å². The van der Waals surface area contributed by atoms with E-state index in [1.165, 1.54) is 4.90 Å². The van der Waals surface area contributed by atoms with Crippen molar-refractivity contribution in [3.63, 3.8) is 0 Å². The van der Waals surface area contributed by atoms with Gasteiger partial charge < -0.3 is 35.1 Å². The number of methoxy groups -OCH3 is 1. The largest absolute Gasteiger partial charge is 0.460 e. The SMILES string of the molecule is CO[C@H]1C[C@@H]2CC[C@@H](C)[C@@](O)(O2)C(=O)C(=O)N2CCCC[C@H]2C(=O)O[C@H]([C@H](C)C[C@@H]2CC[C@@H](C)[C@H](C)C2)CC(=O)[C@H](C)/C=C(\C)[C@@H](O)[C@@H](N)C(=O)[C@H](C)CC/C=C/C=C/C=C/1C. The third kappa shape index (κ3) is 13.4. The van der Waals surface area contributed by atoms with E-state index >= 15 is 0 Å². The molecule has 0 radical (unpaired) electrons. The number of Topliss-reactive ketones (excluding diaryl/α,β-unsaturated/α-hetero) is 3. The highest BCUT2D eigenvalue weighted by Gasteiger charge is 2.53. The lowest BCUT2D eigenvalue weighted by Crippen LogP contribution is -2.61. The number of nitrogens with zero attached hydrogens (tertiary/aromatic N) is 1. The molecule has 2 saturated heterocycles. The maximum Gasteiger partial charge on any atom is 0.329 e. The minimum absolute atomic E-state index is 0.0967. The molecule has 3 aliphatic heterocycles. The van der Waals surface area contributed by atoms with E-state index < -0.39 is 77.7 Å². The number of rotatable bonds is 4. The van der Waals surface area contributed by atoms with Crippen LogP contribution in [-0.4, -0.2) is 100 Å². The highest BCUT2D eigenvalue weighted by molar-refractivity contribution is 6.39. The van der Waals surface area contributed by atoms with Gasteiger partial charge >= 0.3 is 5.97 Å². The first-order chi connectivity index (χ1) is 29.3. The lowest BCUT2D eigenvalue weighted by Gasteiger charge is -2.42. The number of carbonyl (C=O) groups is 5. The Hall–Kier alpha value is -3.29. The molecule has 4 N–H and O–H groups in total. The molecule has 4 rings (SSSR count). The molecule has 0 aromatic heterocycles. The number of cyclic esters (lactones) is 1. The maximum absolute atomic E-state index is 14.3. The van der Waals surface area contributed by atoms with Gasteiger partial charge in [0, 0.05) is 44.2 Å². The summed E-state index contributed by atoms with van der Waals surface area (Å²) in [6, 6.07) is -2.25. The highest BCUT2D eigenvalue weighted by Crippen LogP contribution is 2.39. The van der Waals surface area contributed by atoms with Crippen molar-refractivity contribution in [2.24, 2.45) is 47.2 Å². The summed E-state index contributed by atoms with van der Waals surface area (Å²) < 4.78 is 18.3. The Morgan fingerprint density at radius 3 is 2.32 bits per heavy atom. The summed E-state index contributed by atoms with van der Waals surface area (Å²) in [5.41, 5.74) is 7.62. The zero-order chi connectivity index (χ0) is 45.9. The number of allylic oxidation sites excluding steroid dienone is 6. The molecule has 62 heavy (non-hydrogen) atoms. The molecule has 12 nitrogen and oxygen atoms in total. The third-order valence-corrected chi connectivity index (χ3v) is 14.6. The average Bonchev–Trinajstić information content (AvgIpc) is 3.25. The van der Waals surface area contributed by atoms with Crippen molar-refractivity contribution < 1.29 is 48.4 Å². The van der Waals surface area contributed by atoms with Crippen LogP contribution in [0.1, 0.15) is 139 Å². The van der Waals surface area contributed by atoms with Gasteiger partial charge in [-0.15, -0.1) is 0 Å². The number of nitrogens with two attached hydrogens (primary N) is 1. The van der Waals surface area contributed by atoms with Gasteiger partial charge in [-0.2, -0.15) is 0 Å². The smallest absolute Gasteiger partial charge is 0.329 e. The van der Waals surface area contributed by atoms with Crippen LogP contribution in [0.2, 0.25) is 0 Å². The summed E-state index contributed by atoms with van der Waals surface area (Å²) in [5.74, 6) is -6.04. The summed E-state index contributed by atoms with van der Waals surface area (Å²) >= 11 is 0.